The van der Waals surface area contributed by atoms with Gasteiger partial charge in [-0.15, -0.1) is 0 Å². The third kappa shape index (κ3) is 4.30. The van der Waals surface area contributed by atoms with Gasteiger partial charge in [-0.05, 0) is 0 Å². The molecule has 80 valence electrons. The average Bonchev–Trinajstić information content (AvgIpc) is 2.07. The quantitative estimate of drug-likeness (QED) is 0.290. The van der Waals surface area contributed by atoms with Gasteiger partial charge in [-0.2, -0.15) is 27.8 Å². The summed E-state index contributed by atoms with van der Waals surface area (Å²) in [6.45, 7) is 11.0. The van der Waals surface area contributed by atoms with Gasteiger partial charge in [0, 0.05) is 0 Å². The largest absolute Gasteiger partial charge is 4.00 e. The number of hydrogen-bond acceptors (Lipinski definition) is 0. The molecule has 0 aliphatic carbocycles. The summed E-state index contributed by atoms with van der Waals surface area (Å²) in [5.41, 5.74) is 7.34. The SMILES string of the molecule is Cc1c(C)c(C)[c-](C)c1C.[Cl-].[Cl-].[Cl-].[Hf+4]. The van der Waals surface area contributed by atoms with Crippen molar-refractivity contribution in [3.05, 3.63) is 27.8 Å². The average molecular weight is 420 g/mol. The number of halogens is 3. The first-order chi connectivity index (χ1) is 4.55. The Morgan fingerprint density at radius 2 is 0.929 bits per heavy atom. The van der Waals surface area contributed by atoms with Crippen molar-refractivity contribution in [3.63, 3.8) is 0 Å². The predicted molar refractivity (Wildman–Crippen MR) is 45.7 cm³/mol. The maximum absolute atomic E-state index is 2.20. The monoisotopic (exact) mass is 420 g/mol. The molecule has 0 aromatic heterocycles. The van der Waals surface area contributed by atoms with E-state index in [2.05, 4.69) is 34.6 Å². The van der Waals surface area contributed by atoms with Crippen molar-refractivity contribution in [2.75, 3.05) is 0 Å². The van der Waals surface area contributed by atoms with E-state index in [1.54, 1.807) is 0 Å². The Morgan fingerprint density at radius 1 is 0.714 bits per heavy atom. The normalized spacial score (nSPS) is 7.50. The van der Waals surface area contributed by atoms with Gasteiger partial charge >= 0.3 is 25.8 Å². The van der Waals surface area contributed by atoms with Gasteiger partial charge in [-0.3, -0.25) is 0 Å². The molecule has 1 aromatic carbocycles. The molecular formula is C10H15Cl3Hf. The van der Waals surface area contributed by atoms with E-state index in [1.165, 1.54) is 27.8 Å². The molecule has 4 heteroatoms. The maximum Gasteiger partial charge on any atom is 4.00 e. The van der Waals surface area contributed by atoms with Crippen molar-refractivity contribution in [1.29, 1.82) is 0 Å². The molecule has 14 heavy (non-hydrogen) atoms. The van der Waals surface area contributed by atoms with Crippen molar-refractivity contribution < 1.29 is 63.1 Å². The van der Waals surface area contributed by atoms with Crippen LogP contribution in [-0.4, -0.2) is 0 Å². The van der Waals surface area contributed by atoms with Gasteiger partial charge in [0.05, 0.1) is 0 Å². The Kier molecular flexibility index (Phi) is 16.2. The van der Waals surface area contributed by atoms with E-state index < -0.39 is 0 Å². The summed E-state index contributed by atoms with van der Waals surface area (Å²) in [6.07, 6.45) is 0. The molecule has 0 saturated heterocycles. The third-order valence-corrected chi connectivity index (χ3v) is 2.81. The Balaban J connectivity index is -0.000000125. The van der Waals surface area contributed by atoms with E-state index >= 15 is 0 Å². The zero-order chi connectivity index (χ0) is 7.89. The molecule has 0 spiro atoms. The van der Waals surface area contributed by atoms with Crippen LogP contribution in [0.25, 0.3) is 0 Å². The molecular weight excluding hydrogens is 405 g/mol. The molecule has 0 N–H and O–H groups in total. The molecule has 0 nitrogen and oxygen atoms in total. The van der Waals surface area contributed by atoms with Crippen molar-refractivity contribution in [2.24, 2.45) is 0 Å². The predicted octanol–water partition coefficient (Wildman–Crippen LogP) is -6.04. The van der Waals surface area contributed by atoms with Gasteiger partial charge in [-0.1, -0.05) is 34.6 Å². The van der Waals surface area contributed by atoms with E-state index in [9.17, 15) is 0 Å². The molecule has 0 aliphatic heterocycles. The van der Waals surface area contributed by atoms with Crippen molar-refractivity contribution >= 4 is 0 Å². The molecule has 0 aliphatic rings. The van der Waals surface area contributed by atoms with E-state index in [1.807, 2.05) is 0 Å². The maximum atomic E-state index is 2.20. The van der Waals surface area contributed by atoms with Crippen LogP contribution in [0.1, 0.15) is 27.8 Å². The molecule has 1 aromatic rings. The van der Waals surface area contributed by atoms with Gasteiger partial charge in [0.1, 0.15) is 0 Å². The fourth-order valence-corrected chi connectivity index (χ4v) is 1.41. The van der Waals surface area contributed by atoms with Crippen LogP contribution in [-0.2, 0) is 25.8 Å². The van der Waals surface area contributed by atoms with Gasteiger partial charge in [0.25, 0.3) is 0 Å². The van der Waals surface area contributed by atoms with Gasteiger partial charge in [0.15, 0.2) is 0 Å². The van der Waals surface area contributed by atoms with E-state index in [0.29, 0.717) is 0 Å². The Hall–Kier alpha value is 1.09. The van der Waals surface area contributed by atoms with Crippen LogP contribution >= 0.6 is 0 Å². The minimum Gasteiger partial charge on any atom is -1.00 e. The van der Waals surface area contributed by atoms with Crippen molar-refractivity contribution in [3.8, 4) is 0 Å². The zero-order valence-corrected chi connectivity index (χ0v) is 15.0. The van der Waals surface area contributed by atoms with E-state index in [4.69, 9.17) is 0 Å². The van der Waals surface area contributed by atoms with Gasteiger partial charge < -0.3 is 37.2 Å². The second-order valence-electron chi connectivity index (χ2n) is 3.12. The molecule has 0 bridgehead atoms. The molecule has 0 atom stereocenters. The van der Waals surface area contributed by atoms with Crippen molar-refractivity contribution in [1.82, 2.24) is 0 Å². The molecule has 0 radical (unpaired) electrons. The molecule has 0 fully saturated rings. The second kappa shape index (κ2) is 9.33. The Bertz CT molecular complexity index is 187. The first-order valence-electron chi connectivity index (χ1n) is 3.75. The fraction of sp³-hybridized carbons (Fsp3) is 0.500. The standard InChI is InChI=1S/C10H15.3ClH.Hf/c1-6-7(2)9(4)10(5)8(6)3;;;;/h1-5H3;3*1H;/q-1;;;;+4/p-3. The van der Waals surface area contributed by atoms with Crippen LogP contribution in [0.2, 0.25) is 0 Å². The second-order valence-corrected chi connectivity index (χ2v) is 3.12. The first-order valence-corrected chi connectivity index (χ1v) is 3.75. The minimum absolute atomic E-state index is 0. The molecule has 0 amide bonds. The summed E-state index contributed by atoms with van der Waals surface area (Å²) < 4.78 is 0. The molecule has 1 rings (SSSR count). The van der Waals surface area contributed by atoms with E-state index in [-0.39, 0.29) is 63.1 Å². The smallest absolute Gasteiger partial charge is 1.00 e. The first kappa shape index (κ1) is 24.4. The van der Waals surface area contributed by atoms with Gasteiger partial charge in [0.2, 0.25) is 0 Å². The minimum atomic E-state index is 0. The summed E-state index contributed by atoms with van der Waals surface area (Å²) in [5.74, 6) is 0. The van der Waals surface area contributed by atoms with Crippen LogP contribution < -0.4 is 37.2 Å². The zero-order valence-electron chi connectivity index (χ0n) is 9.13. The Morgan fingerprint density at radius 3 is 1.00 bits per heavy atom. The summed E-state index contributed by atoms with van der Waals surface area (Å²) in [5, 5.41) is 0. The fourth-order valence-electron chi connectivity index (χ4n) is 1.41. The van der Waals surface area contributed by atoms with Crippen LogP contribution in [0.5, 0.6) is 0 Å². The third-order valence-electron chi connectivity index (χ3n) is 2.81. The van der Waals surface area contributed by atoms with Crippen LogP contribution in [0.15, 0.2) is 0 Å². The number of hydrogen-bond donors (Lipinski definition) is 0. The molecule has 0 saturated carbocycles. The molecule has 0 heterocycles. The number of rotatable bonds is 0. The summed E-state index contributed by atoms with van der Waals surface area (Å²) >= 11 is 0. The molecule has 0 unspecified atom stereocenters. The summed E-state index contributed by atoms with van der Waals surface area (Å²) in [7, 11) is 0. The van der Waals surface area contributed by atoms with Gasteiger partial charge in [-0.25, -0.2) is 0 Å². The van der Waals surface area contributed by atoms with Crippen LogP contribution in [0.3, 0.4) is 0 Å². The topological polar surface area (TPSA) is 0 Å². The van der Waals surface area contributed by atoms with Crippen LogP contribution in [0.4, 0.5) is 0 Å². The van der Waals surface area contributed by atoms with Crippen molar-refractivity contribution in [2.45, 2.75) is 34.6 Å². The van der Waals surface area contributed by atoms with Crippen LogP contribution in [0, 0.1) is 34.6 Å². The van der Waals surface area contributed by atoms with E-state index in [0.717, 1.165) is 0 Å². The Labute approximate surface area is 125 Å². The summed E-state index contributed by atoms with van der Waals surface area (Å²) in [4.78, 5) is 0. The summed E-state index contributed by atoms with van der Waals surface area (Å²) in [6, 6.07) is 0.